The van der Waals surface area contributed by atoms with Crippen LogP contribution in [0.3, 0.4) is 0 Å². The monoisotopic (exact) mass is 162 g/mol. The highest BCUT2D eigenvalue weighted by Gasteiger charge is 2.02. The van der Waals surface area contributed by atoms with Crippen molar-refractivity contribution in [1.29, 1.82) is 0 Å². The normalized spacial score (nSPS) is 13.9. The van der Waals surface area contributed by atoms with E-state index in [0.29, 0.717) is 19.6 Å². The van der Waals surface area contributed by atoms with E-state index in [2.05, 4.69) is 0 Å². The van der Waals surface area contributed by atoms with Crippen LogP contribution >= 0.6 is 0 Å². The molecule has 3 heteroatoms. The van der Waals surface area contributed by atoms with Crippen LogP contribution in [0.15, 0.2) is 0 Å². The Morgan fingerprint density at radius 1 is 1.27 bits per heavy atom. The number of rotatable bonds is 6. The number of hydrogen-bond acceptors (Lipinski definition) is 3. The van der Waals surface area contributed by atoms with Gasteiger partial charge in [0, 0.05) is 13.0 Å². The van der Waals surface area contributed by atoms with E-state index in [-0.39, 0.29) is 6.10 Å². The van der Waals surface area contributed by atoms with Crippen molar-refractivity contribution in [3.05, 3.63) is 0 Å². The van der Waals surface area contributed by atoms with E-state index in [0.717, 1.165) is 0 Å². The van der Waals surface area contributed by atoms with Gasteiger partial charge in [-0.2, -0.15) is 0 Å². The molecule has 0 saturated heterocycles. The predicted octanol–water partition coefficient (Wildman–Crippen LogP) is 1.16. The highest BCUT2D eigenvalue weighted by atomic mass is 16.6. The van der Waals surface area contributed by atoms with Gasteiger partial charge in [0.1, 0.15) is 0 Å². The second-order valence-electron chi connectivity index (χ2n) is 2.62. The molecule has 1 N–H and O–H groups in total. The maximum Gasteiger partial charge on any atom is 0.156 e. The molecule has 1 unspecified atom stereocenters. The molecule has 3 nitrogen and oxygen atoms in total. The summed E-state index contributed by atoms with van der Waals surface area (Å²) < 4.78 is 10.1. The van der Waals surface area contributed by atoms with Crippen LogP contribution in [0.5, 0.6) is 0 Å². The van der Waals surface area contributed by atoms with Crippen molar-refractivity contribution < 1.29 is 14.6 Å². The van der Waals surface area contributed by atoms with E-state index >= 15 is 0 Å². The van der Waals surface area contributed by atoms with Gasteiger partial charge in [0.05, 0.1) is 12.7 Å². The molecule has 0 amide bonds. The summed E-state index contributed by atoms with van der Waals surface area (Å²) in [5, 5.41) is 9.06. The number of hydrogen-bond donors (Lipinski definition) is 1. The topological polar surface area (TPSA) is 38.7 Å². The van der Waals surface area contributed by atoms with Crippen molar-refractivity contribution in [2.75, 3.05) is 13.2 Å². The summed E-state index contributed by atoms with van der Waals surface area (Å²) in [5.41, 5.74) is 0. The molecule has 11 heavy (non-hydrogen) atoms. The molecule has 0 radical (unpaired) electrons. The van der Waals surface area contributed by atoms with Crippen LogP contribution in [-0.2, 0) is 9.47 Å². The van der Waals surface area contributed by atoms with Crippen LogP contribution in [0.1, 0.15) is 27.2 Å². The Morgan fingerprint density at radius 2 is 1.91 bits per heavy atom. The maximum absolute atomic E-state index is 9.06. The predicted molar refractivity (Wildman–Crippen MR) is 43.3 cm³/mol. The number of aliphatic hydroxyl groups is 1. The quantitative estimate of drug-likeness (QED) is 0.595. The lowest BCUT2D eigenvalue weighted by Crippen LogP contribution is -2.16. The van der Waals surface area contributed by atoms with Crippen LogP contribution in [0.2, 0.25) is 0 Å². The Hall–Kier alpha value is -0.120. The highest BCUT2D eigenvalue weighted by Crippen LogP contribution is 1.96. The molecule has 0 aliphatic carbocycles. The Kier molecular flexibility index (Phi) is 6.51. The SMILES string of the molecule is CCOC(O)CCOC(C)C. The van der Waals surface area contributed by atoms with Crippen molar-refractivity contribution in [2.24, 2.45) is 0 Å². The third kappa shape index (κ3) is 7.78. The van der Waals surface area contributed by atoms with Gasteiger partial charge in [-0.05, 0) is 20.8 Å². The van der Waals surface area contributed by atoms with Crippen LogP contribution in [0.4, 0.5) is 0 Å². The van der Waals surface area contributed by atoms with E-state index in [4.69, 9.17) is 14.6 Å². The number of ether oxygens (including phenoxy) is 2. The first kappa shape index (κ1) is 10.9. The van der Waals surface area contributed by atoms with Gasteiger partial charge in [0.2, 0.25) is 0 Å². The second-order valence-corrected chi connectivity index (χ2v) is 2.62. The summed E-state index contributed by atoms with van der Waals surface area (Å²) in [6.45, 7) is 6.88. The van der Waals surface area contributed by atoms with Gasteiger partial charge in [-0.3, -0.25) is 0 Å². The summed E-state index contributed by atoms with van der Waals surface area (Å²) in [6.07, 6.45) is 0.106. The first-order valence-electron chi connectivity index (χ1n) is 4.08. The summed E-state index contributed by atoms with van der Waals surface area (Å²) in [7, 11) is 0. The first-order chi connectivity index (χ1) is 5.16. The van der Waals surface area contributed by atoms with Crippen LogP contribution in [0.25, 0.3) is 0 Å². The molecule has 0 aliphatic rings. The lowest BCUT2D eigenvalue weighted by molar-refractivity contribution is -0.111. The van der Waals surface area contributed by atoms with Crippen molar-refractivity contribution in [3.63, 3.8) is 0 Å². The molecule has 0 fully saturated rings. The zero-order chi connectivity index (χ0) is 8.69. The molecule has 0 saturated carbocycles. The fourth-order valence-electron chi connectivity index (χ4n) is 0.680. The van der Waals surface area contributed by atoms with Gasteiger partial charge < -0.3 is 14.6 Å². The minimum absolute atomic E-state index is 0.226. The molecule has 0 bridgehead atoms. The van der Waals surface area contributed by atoms with E-state index < -0.39 is 6.29 Å². The summed E-state index contributed by atoms with van der Waals surface area (Å²) in [6, 6.07) is 0. The van der Waals surface area contributed by atoms with Gasteiger partial charge in [0.25, 0.3) is 0 Å². The van der Waals surface area contributed by atoms with E-state index in [1.165, 1.54) is 0 Å². The Morgan fingerprint density at radius 3 is 2.36 bits per heavy atom. The fourth-order valence-corrected chi connectivity index (χ4v) is 0.680. The lowest BCUT2D eigenvalue weighted by Gasteiger charge is -2.11. The molecule has 0 aromatic carbocycles. The standard InChI is InChI=1S/C8H18O3/c1-4-10-8(9)5-6-11-7(2)3/h7-9H,4-6H2,1-3H3. The minimum atomic E-state index is -0.668. The van der Waals surface area contributed by atoms with E-state index in [1.807, 2.05) is 20.8 Å². The zero-order valence-corrected chi connectivity index (χ0v) is 7.54. The molecule has 0 rings (SSSR count). The van der Waals surface area contributed by atoms with E-state index in [9.17, 15) is 0 Å². The largest absolute Gasteiger partial charge is 0.379 e. The molecule has 1 atom stereocenters. The molecule has 0 aromatic rings. The fraction of sp³-hybridized carbons (Fsp3) is 1.00. The molecule has 0 spiro atoms. The molecule has 68 valence electrons. The third-order valence-corrected chi connectivity index (χ3v) is 1.18. The van der Waals surface area contributed by atoms with Gasteiger partial charge in [-0.25, -0.2) is 0 Å². The molecule has 0 heterocycles. The van der Waals surface area contributed by atoms with Crippen LogP contribution in [0, 0.1) is 0 Å². The summed E-state index contributed by atoms with van der Waals surface area (Å²) in [4.78, 5) is 0. The smallest absolute Gasteiger partial charge is 0.156 e. The third-order valence-electron chi connectivity index (χ3n) is 1.18. The van der Waals surface area contributed by atoms with Gasteiger partial charge in [-0.15, -0.1) is 0 Å². The molecular formula is C8H18O3. The highest BCUT2D eigenvalue weighted by molar-refractivity contribution is 4.42. The Balaban J connectivity index is 3.10. The molecular weight excluding hydrogens is 144 g/mol. The Labute approximate surface area is 68.3 Å². The molecule has 0 aliphatic heterocycles. The van der Waals surface area contributed by atoms with Gasteiger partial charge in [-0.1, -0.05) is 0 Å². The van der Waals surface area contributed by atoms with Crippen molar-refractivity contribution in [2.45, 2.75) is 39.6 Å². The average Bonchev–Trinajstić information content (AvgIpc) is 1.87. The second kappa shape index (κ2) is 6.58. The molecule has 0 aromatic heterocycles. The van der Waals surface area contributed by atoms with E-state index in [1.54, 1.807) is 0 Å². The minimum Gasteiger partial charge on any atom is -0.379 e. The number of aliphatic hydroxyl groups excluding tert-OH is 1. The zero-order valence-electron chi connectivity index (χ0n) is 7.54. The lowest BCUT2D eigenvalue weighted by atomic mass is 10.4. The summed E-state index contributed by atoms with van der Waals surface area (Å²) >= 11 is 0. The Bertz CT molecular complexity index is 83.4. The van der Waals surface area contributed by atoms with Crippen molar-refractivity contribution in [1.82, 2.24) is 0 Å². The summed E-state index contributed by atoms with van der Waals surface area (Å²) in [5.74, 6) is 0. The van der Waals surface area contributed by atoms with Gasteiger partial charge >= 0.3 is 0 Å². The van der Waals surface area contributed by atoms with Gasteiger partial charge in [0.15, 0.2) is 6.29 Å². The van der Waals surface area contributed by atoms with Crippen LogP contribution < -0.4 is 0 Å². The maximum atomic E-state index is 9.06. The van der Waals surface area contributed by atoms with Crippen molar-refractivity contribution in [3.8, 4) is 0 Å². The van der Waals surface area contributed by atoms with Crippen LogP contribution in [-0.4, -0.2) is 30.7 Å². The first-order valence-corrected chi connectivity index (χ1v) is 4.08. The van der Waals surface area contributed by atoms with Crippen molar-refractivity contribution >= 4 is 0 Å². The average molecular weight is 162 g/mol.